The van der Waals surface area contributed by atoms with Crippen LogP contribution in [-0.4, -0.2) is 45.0 Å². The van der Waals surface area contributed by atoms with E-state index in [0.717, 1.165) is 19.3 Å². The zero-order chi connectivity index (χ0) is 14.5. The van der Waals surface area contributed by atoms with E-state index in [1.54, 1.807) is 11.7 Å². The Morgan fingerprint density at radius 3 is 3.00 bits per heavy atom. The van der Waals surface area contributed by atoms with Gasteiger partial charge in [0.25, 0.3) is 0 Å². The van der Waals surface area contributed by atoms with Gasteiger partial charge in [0.15, 0.2) is 5.82 Å². The van der Waals surface area contributed by atoms with E-state index in [1.807, 2.05) is 13.8 Å². The summed E-state index contributed by atoms with van der Waals surface area (Å²) in [6.45, 7) is 4.49. The van der Waals surface area contributed by atoms with Crippen LogP contribution in [0.3, 0.4) is 0 Å². The molecule has 112 valence electrons. The Hall–Kier alpha value is -1.70. The number of aromatic nitrogens is 4. The van der Waals surface area contributed by atoms with Crippen molar-refractivity contribution in [1.82, 2.24) is 30.8 Å². The fourth-order valence-electron chi connectivity index (χ4n) is 2.58. The smallest absolute Gasteiger partial charge is 0.315 e. The number of hydrogen-bond donors (Lipinski definition) is 2. The zero-order valence-corrected chi connectivity index (χ0v) is 12.2. The second-order valence-corrected chi connectivity index (χ2v) is 5.03. The van der Waals surface area contributed by atoms with Crippen molar-refractivity contribution in [3.8, 4) is 0 Å². The highest BCUT2D eigenvalue weighted by atomic mass is 16.5. The van der Waals surface area contributed by atoms with Crippen molar-refractivity contribution in [3.05, 3.63) is 5.82 Å². The number of aryl methyl sites for hydroxylation is 1. The number of nitrogens with one attached hydrogen (secondary N) is 2. The Morgan fingerprint density at radius 2 is 2.35 bits per heavy atom. The van der Waals surface area contributed by atoms with Crippen LogP contribution in [0.1, 0.15) is 45.0 Å². The van der Waals surface area contributed by atoms with E-state index >= 15 is 0 Å². The molecule has 0 aromatic carbocycles. The molecule has 1 aromatic heterocycles. The van der Waals surface area contributed by atoms with E-state index < -0.39 is 0 Å². The topological polar surface area (TPSA) is 94.0 Å². The maximum atomic E-state index is 12.0. The largest absolute Gasteiger partial charge is 0.376 e. The number of urea groups is 1. The fraction of sp³-hybridized carbons (Fsp3) is 0.833. The summed E-state index contributed by atoms with van der Waals surface area (Å²) in [6, 6.07) is -0.376. The lowest BCUT2D eigenvalue weighted by Gasteiger charge is -2.22. The molecule has 0 spiro atoms. The monoisotopic (exact) mass is 282 g/mol. The van der Waals surface area contributed by atoms with Crippen LogP contribution in [0.25, 0.3) is 0 Å². The Bertz CT molecular complexity index is 449. The average Bonchev–Trinajstić information content (AvgIpc) is 2.99. The number of tetrazole rings is 1. The summed E-state index contributed by atoms with van der Waals surface area (Å²) in [5.74, 6) is 0.618. The number of ether oxygens (including phenoxy) is 1. The molecular weight excluding hydrogens is 260 g/mol. The molecule has 2 amide bonds. The summed E-state index contributed by atoms with van der Waals surface area (Å²) in [5.41, 5.74) is 0. The molecule has 3 atom stereocenters. The number of rotatable bonds is 5. The molecule has 1 aliphatic carbocycles. The summed E-state index contributed by atoms with van der Waals surface area (Å²) in [5, 5.41) is 17.0. The van der Waals surface area contributed by atoms with Crippen molar-refractivity contribution in [2.75, 3.05) is 6.61 Å². The van der Waals surface area contributed by atoms with Gasteiger partial charge in [-0.3, -0.25) is 0 Å². The summed E-state index contributed by atoms with van der Waals surface area (Å²) in [6.07, 6.45) is 3.16. The predicted octanol–water partition coefficient (Wildman–Crippen LogP) is 0.528. The maximum Gasteiger partial charge on any atom is 0.315 e. The van der Waals surface area contributed by atoms with Crippen molar-refractivity contribution in [3.63, 3.8) is 0 Å². The summed E-state index contributed by atoms with van der Waals surface area (Å²) in [7, 11) is 1.74. The third kappa shape index (κ3) is 3.44. The second-order valence-electron chi connectivity index (χ2n) is 5.03. The molecule has 2 N–H and O–H groups in total. The molecule has 1 saturated carbocycles. The maximum absolute atomic E-state index is 12.0. The molecule has 0 bridgehead atoms. The van der Waals surface area contributed by atoms with Crippen LogP contribution in [0.5, 0.6) is 0 Å². The molecule has 1 heterocycles. The third-order valence-corrected chi connectivity index (χ3v) is 3.54. The number of amides is 2. The summed E-state index contributed by atoms with van der Waals surface area (Å²) >= 11 is 0. The van der Waals surface area contributed by atoms with Crippen molar-refractivity contribution in [2.45, 2.75) is 51.3 Å². The third-order valence-electron chi connectivity index (χ3n) is 3.54. The van der Waals surface area contributed by atoms with E-state index in [2.05, 4.69) is 26.2 Å². The van der Waals surface area contributed by atoms with Gasteiger partial charge in [-0.25, -0.2) is 9.48 Å². The zero-order valence-electron chi connectivity index (χ0n) is 12.2. The van der Waals surface area contributed by atoms with Crippen molar-refractivity contribution < 1.29 is 9.53 Å². The quantitative estimate of drug-likeness (QED) is 0.821. The molecule has 0 radical (unpaired) electrons. The average molecular weight is 282 g/mol. The van der Waals surface area contributed by atoms with Gasteiger partial charge in [-0.1, -0.05) is 0 Å². The predicted molar refractivity (Wildman–Crippen MR) is 71.9 cm³/mol. The van der Waals surface area contributed by atoms with Gasteiger partial charge in [0.2, 0.25) is 0 Å². The van der Waals surface area contributed by atoms with Gasteiger partial charge >= 0.3 is 6.03 Å². The fourth-order valence-corrected chi connectivity index (χ4v) is 2.58. The van der Waals surface area contributed by atoms with Crippen LogP contribution in [0.15, 0.2) is 0 Å². The van der Waals surface area contributed by atoms with Gasteiger partial charge in [-0.05, 0) is 43.5 Å². The van der Waals surface area contributed by atoms with E-state index in [0.29, 0.717) is 12.4 Å². The minimum atomic E-state index is -0.248. The normalized spacial score (nSPS) is 23.6. The molecule has 8 heteroatoms. The van der Waals surface area contributed by atoms with Gasteiger partial charge in [0, 0.05) is 13.7 Å². The first-order valence-corrected chi connectivity index (χ1v) is 7.02. The highest BCUT2D eigenvalue weighted by Gasteiger charge is 2.29. The lowest BCUT2D eigenvalue weighted by molar-refractivity contribution is 0.0510. The van der Waals surface area contributed by atoms with E-state index in [9.17, 15) is 4.79 Å². The molecule has 1 aromatic rings. The molecule has 1 fully saturated rings. The van der Waals surface area contributed by atoms with Crippen LogP contribution >= 0.6 is 0 Å². The highest BCUT2D eigenvalue weighted by molar-refractivity contribution is 5.74. The Morgan fingerprint density at radius 1 is 1.55 bits per heavy atom. The number of carbonyl (C=O) groups is 1. The summed E-state index contributed by atoms with van der Waals surface area (Å²) < 4.78 is 7.18. The van der Waals surface area contributed by atoms with Crippen molar-refractivity contribution in [2.24, 2.45) is 7.05 Å². The molecule has 20 heavy (non-hydrogen) atoms. The van der Waals surface area contributed by atoms with Crippen LogP contribution in [-0.2, 0) is 11.8 Å². The molecule has 0 saturated heterocycles. The van der Waals surface area contributed by atoms with Gasteiger partial charge < -0.3 is 15.4 Å². The van der Waals surface area contributed by atoms with E-state index in [-0.39, 0.29) is 24.2 Å². The van der Waals surface area contributed by atoms with Crippen molar-refractivity contribution >= 4 is 6.03 Å². The van der Waals surface area contributed by atoms with E-state index in [1.165, 1.54) is 0 Å². The minimum absolute atomic E-state index is 0.0831. The molecule has 2 rings (SSSR count). The molecular formula is C12H22N6O2. The van der Waals surface area contributed by atoms with Gasteiger partial charge in [-0.15, -0.1) is 5.10 Å². The van der Waals surface area contributed by atoms with Gasteiger partial charge in [-0.2, -0.15) is 0 Å². The number of carbonyl (C=O) groups excluding carboxylic acids is 1. The lowest BCUT2D eigenvalue weighted by atomic mass is 10.2. The summed E-state index contributed by atoms with van der Waals surface area (Å²) in [4.78, 5) is 12.0. The molecule has 0 aliphatic heterocycles. The molecule has 8 nitrogen and oxygen atoms in total. The molecule has 1 aliphatic rings. The molecule has 1 unspecified atom stereocenters. The van der Waals surface area contributed by atoms with Crippen molar-refractivity contribution in [1.29, 1.82) is 0 Å². The Kier molecular flexibility index (Phi) is 4.89. The van der Waals surface area contributed by atoms with Crippen LogP contribution in [0, 0.1) is 0 Å². The lowest BCUT2D eigenvalue weighted by Crippen LogP contribution is -2.47. The standard InChI is InChI=1S/C12H22N6O2/c1-4-20-10-7-5-6-9(10)14-12(19)13-8(2)11-15-16-17-18(11)3/h8-10H,4-7H2,1-3H3,(H2,13,14,19)/t8?,9-,10-/m1/s1. The van der Waals surface area contributed by atoms with Crippen LogP contribution in [0.4, 0.5) is 4.79 Å². The minimum Gasteiger partial charge on any atom is -0.376 e. The van der Waals surface area contributed by atoms with Gasteiger partial charge in [0.1, 0.15) is 0 Å². The first-order chi connectivity index (χ1) is 9.61. The second kappa shape index (κ2) is 6.65. The SMILES string of the molecule is CCO[C@@H]1CCC[C@H]1NC(=O)NC(C)c1nnnn1C. The number of hydrogen-bond acceptors (Lipinski definition) is 5. The van der Waals surface area contributed by atoms with Gasteiger partial charge in [0.05, 0.1) is 18.2 Å². The number of nitrogens with zero attached hydrogens (tertiary/aromatic N) is 4. The first-order valence-electron chi connectivity index (χ1n) is 7.02. The van der Waals surface area contributed by atoms with Crippen LogP contribution < -0.4 is 10.6 Å². The highest BCUT2D eigenvalue weighted by Crippen LogP contribution is 2.22. The first kappa shape index (κ1) is 14.7. The Labute approximate surface area is 118 Å². The Balaban J connectivity index is 1.84. The van der Waals surface area contributed by atoms with E-state index in [4.69, 9.17) is 4.74 Å². The van der Waals surface area contributed by atoms with Crippen LogP contribution in [0.2, 0.25) is 0 Å².